The number of aliphatic hydroxyl groups is 2. The summed E-state index contributed by atoms with van der Waals surface area (Å²) in [7, 11) is 0. The van der Waals surface area contributed by atoms with Crippen molar-refractivity contribution in [3.63, 3.8) is 0 Å². The van der Waals surface area contributed by atoms with E-state index in [-0.39, 0.29) is 0 Å². The van der Waals surface area contributed by atoms with E-state index in [2.05, 4.69) is 9.78 Å². The maximum Gasteiger partial charge on any atom is 0.366 e. The minimum Gasteiger partial charge on any atom is -0.456 e. The summed E-state index contributed by atoms with van der Waals surface area (Å²) >= 11 is 0. The highest BCUT2D eigenvalue weighted by molar-refractivity contribution is 5.74. The number of esters is 2. The molecule has 0 aromatic heterocycles. The molecular formula is C12H22O8. The van der Waals surface area contributed by atoms with Gasteiger partial charge in [0.05, 0.1) is 0 Å². The summed E-state index contributed by atoms with van der Waals surface area (Å²) in [5, 5.41) is 18.5. The van der Waals surface area contributed by atoms with E-state index in [9.17, 15) is 19.8 Å². The largest absolute Gasteiger partial charge is 0.456 e. The van der Waals surface area contributed by atoms with Crippen LogP contribution in [0.1, 0.15) is 41.5 Å². The zero-order valence-electron chi connectivity index (χ0n) is 12.5. The van der Waals surface area contributed by atoms with Crippen molar-refractivity contribution in [3.05, 3.63) is 0 Å². The van der Waals surface area contributed by atoms with Crippen molar-refractivity contribution >= 4 is 11.9 Å². The zero-order chi connectivity index (χ0) is 16.1. The van der Waals surface area contributed by atoms with Crippen molar-refractivity contribution in [1.29, 1.82) is 0 Å². The van der Waals surface area contributed by atoms with Crippen LogP contribution in [-0.4, -0.2) is 45.9 Å². The highest BCUT2D eigenvalue weighted by Gasteiger charge is 2.29. The lowest BCUT2D eigenvalue weighted by atomic mass is 10.2. The minimum absolute atomic E-state index is 0.828. The number of hydrogen-bond acceptors (Lipinski definition) is 8. The van der Waals surface area contributed by atoms with Gasteiger partial charge in [0.25, 0.3) is 12.6 Å². The molecule has 0 amide bonds. The molecule has 2 N–H and O–H groups in total. The van der Waals surface area contributed by atoms with Crippen molar-refractivity contribution in [2.75, 3.05) is 0 Å². The maximum atomic E-state index is 11.3. The van der Waals surface area contributed by atoms with Crippen molar-refractivity contribution < 1.29 is 39.1 Å². The molecule has 0 rings (SSSR count). The fourth-order valence-corrected chi connectivity index (χ4v) is 0.888. The second kappa shape index (κ2) is 6.98. The predicted octanol–water partition coefficient (Wildman–Crippen LogP) is 0.255. The molecule has 20 heavy (non-hydrogen) atoms. The lowest BCUT2D eigenvalue weighted by Gasteiger charge is -2.23. The highest BCUT2D eigenvalue weighted by Crippen LogP contribution is 2.11. The summed E-state index contributed by atoms with van der Waals surface area (Å²) in [4.78, 5) is 30.9. The van der Waals surface area contributed by atoms with Gasteiger partial charge in [-0.05, 0) is 41.5 Å². The van der Waals surface area contributed by atoms with E-state index in [0.717, 1.165) is 0 Å². The molecule has 0 aliphatic heterocycles. The van der Waals surface area contributed by atoms with Crippen LogP contribution in [0, 0.1) is 0 Å². The Balaban J connectivity index is 4.21. The topological polar surface area (TPSA) is 112 Å². The number of carbonyl (C=O) groups excluding carboxylic acids is 2. The van der Waals surface area contributed by atoms with Crippen LogP contribution in [0.5, 0.6) is 0 Å². The molecule has 0 bridgehead atoms. The summed E-state index contributed by atoms with van der Waals surface area (Å²) < 4.78 is 9.56. The first-order valence-electron chi connectivity index (χ1n) is 5.96. The fourth-order valence-electron chi connectivity index (χ4n) is 0.888. The normalized spacial score (nSPS) is 15.4. The molecule has 0 saturated carbocycles. The summed E-state index contributed by atoms with van der Waals surface area (Å²) in [5.74, 6) is -2.23. The molecule has 0 heterocycles. The number of hydrogen-bond donors (Lipinski definition) is 2. The molecule has 0 radical (unpaired) electrons. The smallest absolute Gasteiger partial charge is 0.366 e. The SMILES string of the molecule is CC(C)(C)OC(=O)C(O)OOC(O)C(=O)OC(C)(C)C. The van der Waals surface area contributed by atoms with Gasteiger partial charge in [0.1, 0.15) is 11.2 Å². The van der Waals surface area contributed by atoms with Crippen molar-refractivity contribution in [1.82, 2.24) is 0 Å². The van der Waals surface area contributed by atoms with Gasteiger partial charge in [0, 0.05) is 0 Å². The van der Waals surface area contributed by atoms with Gasteiger partial charge in [-0.1, -0.05) is 0 Å². The average molecular weight is 294 g/mol. The minimum atomic E-state index is -2.09. The van der Waals surface area contributed by atoms with Crippen LogP contribution < -0.4 is 0 Å². The number of aliphatic hydroxyl groups excluding tert-OH is 2. The zero-order valence-corrected chi connectivity index (χ0v) is 12.5. The summed E-state index contributed by atoms with van der Waals surface area (Å²) in [5.41, 5.74) is -1.66. The third-order valence-corrected chi connectivity index (χ3v) is 1.45. The van der Waals surface area contributed by atoms with Gasteiger partial charge < -0.3 is 19.7 Å². The second-order valence-electron chi connectivity index (χ2n) is 5.96. The number of rotatable bonds is 5. The van der Waals surface area contributed by atoms with Crippen LogP contribution >= 0.6 is 0 Å². The van der Waals surface area contributed by atoms with E-state index in [1.165, 1.54) is 0 Å². The summed E-state index contributed by atoms with van der Waals surface area (Å²) in [6.07, 6.45) is -4.18. The standard InChI is InChI=1S/C12H22O8/c1-11(2,3)17-7(13)9(15)19-20-10(16)8(14)18-12(4,5)6/h9-10,15-16H,1-6H3. The molecule has 0 aliphatic carbocycles. The first-order valence-corrected chi connectivity index (χ1v) is 5.96. The van der Waals surface area contributed by atoms with E-state index in [0.29, 0.717) is 0 Å². The Morgan fingerprint density at radius 3 is 1.20 bits per heavy atom. The van der Waals surface area contributed by atoms with E-state index in [1.807, 2.05) is 0 Å². The van der Waals surface area contributed by atoms with Crippen LogP contribution in [0.15, 0.2) is 0 Å². The van der Waals surface area contributed by atoms with Crippen molar-refractivity contribution in [2.24, 2.45) is 0 Å². The number of ether oxygens (including phenoxy) is 2. The van der Waals surface area contributed by atoms with E-state index >= 15 is 0 Å². The van der Waals surface area contributed by atoms with Gasteiger partial charge in [-0.3, -0.25) is 0 Å². The Labute approximate surface area is 117 Å². The Kier molecular flexibility index (Phi) is 6.55. The van der Waals surface area contributed by atoms with E-state index in [4.69, 9.17) is 9.47 Å². The molecular weight excluding hydrogens is 272 g/mol. The van der Waals surface area contributed by atoms with Crippen LogP contribution in [0.4, 0.5) is 0 Å². The third-order valence-electron chi connectivity index (χ3n) is 1.45. The van der Waals surface area contributed by atoms with E-state index in [1.54, 1.807) is 41.5 Å². The van der Waals surface area contributed by atoms with Gasteiger partial charge in [0.15, 0.2) is 0 Å². The monoisotopic (exact) mass is 294 g/mol. The fraction of sp³-hybridized carbons (Fsp3) is 0.833. The van der Waals surface area contributed by atoms with Gasteiger partial charge >= 0.3 is 11.9 Å². The van der Waals surface area contributed by atoms with Crippen molar-refractivity contribution in [2.45, 2.75) is 65.3 Å². The molecule has 0 fully saturated rings. The Morgan fingerprint density at radius 1 is 0.750 bits per heavy atom. The van der Waals surface area contributed by atoms with Crippen LogP contribution in [0.2, 0.25) is 0 Å². The quantitative estimate of drug-likeness (QED) is 0.321. The molecule has 2 unspecified atom stereocenters. The molecule has 0 spiro atoms. The lowest BCUT2D eigenvalue weighted by molar-refractivity contribution is -0.409. The molecule has 0 aromatic rings. The molecule has 118 valence electrons. The Morgan fingerprint density at radius 2 is 1.00 bits per heavy atom. The third kappa shape index (κ3) is 8.81. The van der Waals surface area contributed by atoms with Crippen molar-refractivity contribution in [3.8, 4) is 0 Å². The summed E-state index contributed by atoms with van der Waals surface area (Å²) in [6, 6.07) is 0. The molecule has 0 aromatic carbocycles. The number of carbonyl (C=O) groups is 2. The molecule has 8 nitrogen and oxygen atoms in total. The van der Waals surface area contributed by atoms with Crippen LogP contribution in [-0.2, 0) is 28.8 Å². The first-order chi connectivity index (χ1) is 8.82. The Hall–Kier alpha value is -1.22. The molecule has 2 atom stereocenters. The Bertz CT molecular complexity index is 304. The van der Waals surface area contributed by atoms with Gasteiger partial charge in [0.2, 0.25) is 0 Å². The van der Waals surface area contributed by atoms with Gasteiger partial charge in [-0.25, -0.2) is 9.59 Å². The highest BCUT2D eigenvalue weighted by atomic mass is 17.2. The lowest BCUT2D eigenvalue weighted by Crippen LogP contribution is -2.37. The predicted molar refractivity (Wildman–Crippen MR) is 65.9 cm³/mol. The average Bonchev–Trinajstić information content (AvgIpc) is 2.20. The van der Waals surface area contributed by atoms with Gasteiger partial charge in [-0.15, -0.1) is 0 Å². The van der Waals surface area contributed by atoms with Crippen LogP contribution in [0.3, 0.4) is 0 Å². The second-order valence-corrected chi connectivity index (χ2v) is 5.96. The maximum absolute atomic E-state index is 11.3. The molecule has 8 heteroatoms. The molecule has 0 saturated heterocycles. The van der Waals surface area contributed by atoms with Crippen LogP contribution in [0.25, 0.3) is 0 Å². The first kappa shape index (κ1) is 18.8. The molecule has 0 aliphatic rings. The van der Waals surface area contributed by atoms with E-state index < -0.39 is 35.7 Å². The summed E-state index contributed by atoms with van der Waals surface area (Å²) in [6.45, 7) is 9.55. The van der Waals surface area contributed by atoms with Gasteiger partial charge in [-0.2, -0.15) is 9.78 Å².